The maximum atomic E-state index is 13.3. The predicted octanol–water partition coefficient (Wildman–Crippen LogP) is 2.98. The molecule has 1 aromatic carbocycles. The molecule has 1 heterocycles. The summed E-state index contributed by atoms with van der Waals surface area (Å²) >= 11 is 0. The molecule has 1 aromatic rings. The molecule has 1 aliphatic heterocycles. The zero-order valence-electron chi connectivity index (χ0n) is 16.5. The first kappa shape index (κ1) is 20.4. The maximum absolute atomic E-state index is 13.3. The molecule has 6 nitrogen and oxygen atoms in total. The second kappa shape index (κ2) is 9.26. The smallest absolute Gasteiger partial charge is 0.246 e. The summed E-state index contributed by atoms with van der Waals surface area (Å²) < 4.78 is 38.6. The van der Waals surface area contributed by atoms with E-state index in [-0.39, 0.29) is 4.90 Å². The van der Waals surface area contributed by atoms with Crippen LogP contribution in [0.1, 0.15) is 38.5 Å². The SMILES string of the molecule is COc1ccc(OC)c(S(=O)(=O)N2CCCN(CC3CCCCC3)CC2)c1. The van der Waals surface area contributed by atoms with E-state index >= 15 is 0 Å². The van der Waals surface area contributed by atoms with E-state index in [1.54, 1.807) is 22.5 Å². The second-order valence-corrected chi connectivity index (χ2v) is 9.49. The molecular formula is C20H32N2O4S. The molecule has 0 unspecified atom stereocenters. The van der Waals surface area contributed by atoms with Gasteiger partial charge in [-0.15, -0.1) is 0 Å². The van der Waals surface area contributed by atoms with Crippen molar-refractivity contribution in [1.29, 1.82) is 0 Å². The molecule has 0 atom stereocenters. The molecule has 1 saturated heterocycles. The van der Waals surface area contributed by atoms with E-state index in [0.717, 1.165) is 32.0 Å². The number of benzene rings is 1. The van der Waals surface area contributed by atoms with Crippen LogP contribution in [0.4, 0.5) is 0 Å². The highest BCUT2D eigenvalue weighted by Gasteiger charge is 2.30. The van der Waals surface area contributed by atoms with Crippen molar-refractivity contribution in [2.24, 2.45) is 5.92 Å². The number of rotatable bonds is 6. The molecule has 7 heteroatoms. The van der Waals surface area contributed by atoms with Crippen LogP contribution in [0.5, 0.6) is 11.5 Å². The standard InChI is InChI=1S/C20H32N2O4S/c1-25-18-9-10-19(26-2)20(15-18)27(23,24)22-12-6-11-21(13-14-22)16-17-7-4-3-5-8-17/h9-10,15,17H,3-8,11-14,16H2,1-2H3. The molecule has 152 valence electrons. The molecule has 27 heavy (non-hydrogen) atoms. The summed E-state index contributed by atoms with van der Waals surface area (Å²) in [7, 11) is -0.585. The summed E-state index contributed by atoms with van der Waals surface area (Å²) in [5.74, 6) is 1.66. The molecule has 0 amide bonds. The van der Waals surface area contributed by atoms with Crippen molar-refractivity contribution in [3.8, 4) is 11.5 Å². The first-order valence-electron chi connectivity index (χ1n) is 9.99. The number of hydrogen-bond acceptors (Lipinski definition) is 5. The first-order valence-corrected chi connectivity index (χ1v) is 11.4. The Kier molecular flexibility index (Phi) is 7.00. The van der Waals surface area contributed by atoms with E-state index in [4.69, 9.17) is 9.47 Å². The minimum absolute atomic E-state index is 0.185. The molecule has 2 fully saturated rings. The Labute approximate surface area is 163 Å². The third kappa shape index (κ3) is 4.95. The van der Waals surface area contributed by atoms with Gasteiger partial charge in [0.1, 0.15) is 16.4 Å². The van der Waals surface area contributed by atoms with Gasteiger partial charge < -0.3 is 14.4 Å². The molecule has 3 rings (SSSR count). The van der Waals surface area contributed by atoms with Gasteiger partial charge in [-0.25, -0.2) is 8.42 Å². The Morgan fingerprint density at radius 2 is 1.74 bits per heavy atom. The van der Waals surface area contributed by atoms with Gasteiger partial charge >= 0.3 is 0 Å². The minimum atomic E-state index is -3.62. The molecule has 0 N–H and O–H groups in total. The topological polar surface area (TPSA) is 59.1 Å². The molecule has 0 spiro atoms. The van der Waals surface area contributed by atoms with E-state index in [1.807, 2.05) is 0 Å². The zero-order valence-corrected chi connectivity index (χ0v) is 17.3. The molecule has 0 radical (unpaired) electrons. The van der Waals surface area contributed by atoms with Gasteiger partial charge in [0, 0.05) is 32.2 Å². The molecule has 2 aliphatic rings. The van der Waals surface area contributed by atoms with Crippen LogP contribution in [-0.2, 0) is 10.0 Å². The van der Waals surface area contributed by atoms with E-state index in [0.29, 0.717) is 24.6 Å². The molecular weight excluding hydrogens is 364 g/mol. The van der Waals surface area contributed by atoms with Crippen molar-refractivity contribution in [1.82, 2.24) is 9.21 Å². The summed E-state index contributed by atoms with van der Waals surface area (Å²) in [5.41, 5.74) is 0. The fourth-order valence-electron chi connectivity index (χ4n) is 4.23. The number of hydrogen-bond donors (Lipinski definition) is 0. The van der Waals surface area contributed by atoms with E-state index in [1.165, 1.54) is 46.3 Å². The van der Waals surface area contributed by atoms with Gasteiger partial charge in [0.15, 0.2) is 0 Å². The zero-order chi connectivity index (χ0) is 19.3. The Balaban J connectivity index is 1.70. The van der Waals surface area contributed by atoms with Gasteiger partial charge in [-0.2, -0.15) is 4.31 Å². The summed E-state index contributed by atoms with van der Waals surface area (Å²) in [6.07, 6.45) is 7.55. The van der Waals surface area contributed by atoms with Gasteiger partial charge in [0.2, 0.25) is 10.0 Å². The monoisotopic (exact) mass is 396 g/mol. The van der Waals surface area contributed by atoms with Crippen molar-refractivity contribution < 1.29 is 17.9 Å². The molecule has 1 aliphatic carbocycles. The highest BCUT2D eigenvalue weighted by atomic mass is 32.2. The summed E-state index contributed by atoms with van der Waals surface area (Å²) in [6, 6.07) is 4.92. The fourth-order valence-corrected chi connectivity index (χ4v) is 5.87. The Morgan fingerprint density at radius 1 is 0.963 bits per heavy atom. The van der Waals surface area contributed by atoms with Gasteiger partial charge in [-0.3, -0.25) is 0 Å². The minimum Gasteiger partial charge on any atom is -0.497 e. The van der Waals surface area contributed by atoms with Crippen LogP contribution in [0, 0.1) is 5.92 Å². The van der Waals surface area contributed by atoms with Crippen molar-refractivity contribution >= 4 is 10.0 Å². The van der Waals surface area contributed by atoms with Crippen LogP contribution < -0.4 is 9.47 Å². The van der Waals surface area contributed by atoms with Gasteiger partial charge in [0.05, 0.1) is 14.2 Å². The lowest BCUT2D eigenvalue weighted by atomic mass is 9.89. The van der Waals surface area contributed by atoms with E-state index in [2.05, 4.69) is 4.90 Å². The average molecular weight is 397 g/mol. The van der Waals surface area contributed by atoms with Crippen LogP contribution in [-0.4, -0.2) is 64.6 Å². The lowest BCUT2D eigenvalue weighted by Crippen LogP contribution is -2.37. The van der Waals surface area contributed by atoms with E-state index < -0.39 is 10.0 Å². The summed E-state index contributed by atoms with van der Waals surface area (Å²) in [5, 5.41) is 0. The Morgan fingerprint density at radius 3 is 2.44 bits per heavy atom. The third-order valence-electron chi connectivity index (χ3n) is 5.78. The number of methoxy groups -OCH3 is 2. The van der Waals surface area contributed by atoms with Crippen molar-refractivity contribution in [2.45, 2.75) is 43.4 Å². The van der Waals surface area contributed by atoms with Crippen LogP contribution in [0.25, 0.3) is 0 Å². The molecule has 1 saturated carbocycles. The fraction of sp³-hybridized carbons (Fsp3) is 0.700. The summed E-state index contributed by atoms with van der Waals surface area (Å²) in [4.78, 5) is 2.64. The number of sulfonamides is 1. The van der Waals surface area contributed by atoms with Gasteiger partial charge in [0.25, 0.3) is 0 Å². The number of ether oxygens (including phenoxy) is 2. The summed E-state index contributed by atoms with van der Waals surface area (Å²) in [6.45, 7) is 3.94. The third-order valence-corrected chi connectivity index (χ3v) is 7.70. The lowest BCUT2D eigenvalue weighted by Gasteiger charge is -2.28. The van der Waals surface area contributed by atoms with Crippen molar-refractivity contribution in [2.75, 3.05) is 46.9 Å². The normalized spacial score (nSPS) is 21.0. The van der Waals surface area contributed by atoms with Gasteiger partial charge in [-0.05, 0) is 43.9 Å². The highest BCUT2D eigenvalue weighted by molar-refractivity contribution is 7.89. The maximum Gasteiger partial charge on any atom is 0.246 e. The van der Waals surface area contributed by atoms with Crippen molar-refractivity contribution in [3.05, 3.63) is 18.2 Å². The van der Waals surface area contributed by atoms with Crippen molar-refractivity contribution in [3.63, 3.8) is 0 Å². The van der Waals surface area contributed by atoms with Crippen LogP contribution >= 0.6 is 0 Å². The van der Waals surface area contributed by atoms with Crippen LogP contribution in [0.3, 0.4) is 0 Å². The predicted molar refractivity (Wildman–Crippen MR) is 106 cm³/mol. The Hall–Kier alpha value is -1.31. The highest BCUT2D eigenvalue weighted by Crippen LogP contribution is 2.31. The lowest BCUT2D eigenvalue weighted by molar-refractivity contribution is 0.208. The van der Waals surface area contributed by atoms with Gasteiger partial charge in [-0.1, -0.05) is 19.3 Å². The van der Waals surface area contributed by atoms with Crippen LogP contribution in [0.2, 0.25) is 0 Å². The number of nitrogens with zero attached hydrogens (tertiary/aromatic N) is 2. The second-order valence-electron chi connectivity index (χ2n) is 7.58. The Bertz CT molecular complexity index is 717. The average Bonchev–Trinajstić information content (AvgIpc) is 2.94. The first-order chi connectivity index (χ1) is 13.0. The largest absolute Gasteiger partial charge is 0.497 e. The van der Waals surface area contributed by atoms with E-state index in [9.17, 15) is 8.42 Å². The van der Waals surface area contributed by atoms with Crippen LogP contribution in [0.15, 0.2) is 23.1 Å². The quantitative estimate of drug-likeness (QED) is 0.740. The molecule has 0 aromatic heterocycles. The molecule has 0 bridgehead atoms.